The lowest BCUT2D eigenvalue weighted by molar-refractivity contribution is -0.199. The van der Waals surface area contributed by atoms with Crippen LogP contribution >= 0.6 is 0 Å². The number of fused-ring (bicyclic) bond motifs is 4. The quantitative estimate of drug-likeness (QED) is 0.336. The van der Waals surface area contributed by atoms with Crippen LogP contribution in [-0.2, 0) is 28.3 Å². The van der Waals surface area contributed by atoms with E-state index in [1.165, 1.54) is 6.92 Å². The number of carbonyl (C=O) groups is 3. The third-order valence-corrected chi connectivity index (χ3v) is 14.4. The van der Waals surface area contributed by atoms with Crippen molar-refractivity contribution >= 4 is 25.9 Å². The smallest absolute Gasteiger partial charge is 0.303 e. The highest BCUT2D eigenvalue weighted by Gasteiger charge is 2.77. The zero-order chi connectivity index (χ0) is 24.9. The molecule has 0 bridgehead atoms. The van der Waals surface area contributed by atoms with Crippen LogP contribution in [0.5, 0.6) is 0 Å². The number of hydrogen-bond donors (Lipinski definition) is 0. The average Bonchev–Trinajstić information content (AvgIpc) is 3.34. The van der Waals surface area contributed by atoms with Gasteiger partial charge in [0, 0.05) is 12.3 Å². The van der Waals surface area contributed by atoms with Crippen LogP contribution in [-0.4, -0.2) is 49.8 Å². The molecule has 3 aliphatic carbocycles. The van der Waals surface area contributed by atoms with Crippen LogP contribution in [0.2, 0.25) is 18.1 Å². The predicted molar refractivity (Wildman–Crippen MR) is 127 cm³/mol. The Morgan fingerprint density at radius 3 is 2.30 bits per heavy atom. The molecule has 7 heteroatoms. The SMILES string of the molecule is CC(=O)O[C@H]1C(=O)C=C(C)[C@@H]2C[C@@H](O[Si](C)(C)C(C)(C)C)[C@@]3(C)C(=O)[C@@]4(C)O[C@H]4C[C@@H]3[C@]21C. The lowest BCUT2D eigenvalue weighted by Gasteiger charge is -2.63. The first-order chi connectivity index (χ1) is 14.9. The molecule has 0 unspecified atom stereocenters. The van der Waals surface area contributed by atoms with Crippen molar-refractivity contribution in [1.82, 2.24) is 0 Å². The minimum absolute atomic E-state index is 0.00642. The van der Waals surface area contributed by atoms with Gasteiger partial charge in [-0.25, -0.2) is 0 Å². The van der Waals surface area contributed by atoms with E-state index in [1.54, 1.807) is 6.08 Å². The van der Waals surface area contributed by atoms with E-state index in [-0.39, 0.29) is 40.6 Å². The second kappa shape index (κ2) is 7.11. The van der Waals surface area contributed by atoms with Crippen molar-refractivity contribution in [2.75, 3.05) is 0 Å². The monoisotopic (exact) mass is 476 g/mol. The van der Waals surface area contributed by atoms with Crippen molar-refractivity contribution in [1.29, 1.82) is 0 Å². The topological polar surface area (TPSA) is 82.2 Å². The van der Waals surface area contributed by atoms with Gasteiger partial charge in [-0.15, -0.1) is 0 Å². The highest BCUT2D eigenvalue weighted by atomic mass is 28.4. The van der Waals surface area contributed by atoms with Crippen LogP contribution in [0.1, 0.15) is 68.2 Å². The van der Waals surface area contributed by atoms with E-state index in [1.807, 2.05) is 27.7 Å². The molecule has 2 saturated carbocycles. The van der Waals surface area contributed by atoms with Gasteiger partial charge in [0.25, 0.3) is 0 Å². The van der Waals surface area contributed by atoms with Gasteiger partial charge >= 0.3 is 5.97 Å². The molecule has 0 aromatic rings. The molecule has 0 spiro atoms. The molecule has 1 heterocycles. The van der Waals surface area contributed by atoms with Gasteiger partial charge < -0.3 is 13.9 Å². The van der Waals surface area contributed by atoms with Crippen molar-refractivity contribution in [2.45, 2.75) is 110 Å². The number of allylic oxidation sites excluding steroid dienone is 1. The number of ketones is 2. The molecule has 1 aliphatic heterocycles. The zero-order valence-corrected chi connectivity index (χ0v) is 22.8. The van der Waals surface area contributed by atoms with E-state index in [4.69, 9.17) is 13.9 Å². The fraction of sp³-hybridized carbons (Fsp3) is 0.808. The summed E-state index contributed by atoms with van der Waals surface area (Å²) in [5, 5.41) is -0.00642. The summed E-state index contributed by atoms with van der Waals surface area (Å²) < 4.78 is 18.7. The standard InChI is InChI=1S/C26H40O6Si/c1-14-11-17(28)21(30-15(2)27)24(6)16(14)12-19(32-33(9,10)23(3,4)5)25(7)18(24)13-20-26(8,31-20)22(25)29/h11,16,18-21H,12-13H2,1-10H3/t16-,18+,19+,20-,21-,24-,25-,26-/m0/s1. The lowest BCUT2D eigenvalue weighted by atomic mass is 9.42. The fourth-order valence-corrected chi connectivity index (χ4v) is 8.32. The Hall–Kier alpha value is -1.31. The van der Waals surface area contributed by atoms with E-state index < -0.39 is 36.8 Å². The minimum atomic E-state index is -2.20. The van der Waals surface area contributed by atoms with Crippen LogP contribution in [0.15, 0.2) is 11.6 Å². The molecule has 184 valence electrons. The molecule has 1 saturated heterocycles. The van der Waals surface area contributed by atoms with Gasteiger partial charge in [-0.1, -0.05) is 33.3 Å². The van der Waals surface area contributed by atoms with Crippen molar-refractivity contribution in [3.8, 4) is 0 Å². The third kappa shape index (κ3) is 3.28. The number of epoxide rings is 1. The van der Waals surface area contributed by atoms with Gasteiger partial charge in [-0.2, -0.15) is 0 Å². The van der Waals surface area contributed by atoms with E-state index in [9.17, 15) is 14.4 Å². The molecule has 0 N–H and O–H groups in total. The number of esters is 1. The van der Waals surface area contributed by atoms with Gasteiger partial charge in [-0.05, 0) is 69.7 Å². The second-order valence-corrected chi connectivity index (χ2v) is 17.7. The number of carbonyl (C=O) groups excluding carboxylic acids is 3. The summed E-state index contributed by atoms with van der Waals surface area (Å²) in [6, 6.07) is 0. The minimum Gasteiger partial charge on any atom is -0.454 e. The van der Waals surface area contributed by atoms with Crippen LogP contribution in [0.3, 0.4) is 0 Å². The third-order valence-electron chi connectivity index (χ3n) is 9.95. The van der Waals surface area contributed by atoms with Crippen LogP contribution in [0.25, 0.3) is 0 Å². The highest BCUT2D eigenvalue weighted by molar-refractivity contribution is 6.74. The Balaban J connectivity index is 1.88. The normalized spacial score (nSPS) is 44.9. The Morgan fingerprint density at radius 2 is 1.76 bits per heavy atom. The van der Waals surface area contributed by atoms with Gasteiger partial charge in [-0.3, -0.25) is 14.4 Å². The second-order valence-electron chi connectivity index (χ2n) is 12.9. The lowest BCUT2D eigenvalue weighted by Crippen LogP contribution is -2.70. The average molecular weight is 477 g/mol. The van der Waals surface area contributed by atoms with Gasteiger partial charge in [0.15, 0.2) is 31.6 Å². The first-order valence-electron chi connectivity index (χ1n) is 12.2. The zero-order valence-electron chi connectivity index (χ0n) is 21.8. The molecule has 0 aromatic heterocycles. The number of hydrogen-bond acceptors (Lipinski definition) is 6. The summed E-state index contributed by atoms with van der Waals surface area (Å²) in [4.78, 5) is 39.3. The van der Waals surface area contributed by atoms with Crippen LogP contribution < -0.4 is 0 Å². The molecule has 8 atom stereocenters. The first-order valence-corrected chi connectivity index (χ1v) is 15.1. The van der Waals surface area contributed by atoms with Crippen molar-refractivity contribution in [2.24, 2.45) is 22.7 Å². The number of rotatable bonds is 3. The van der Waals surface area contributed by atoms with Crippen LogP contribution in [0.4, 0.5) is 0 Å². The molecule has 4 rings (SSSR count). The van der Waals surface area contributed by atoms with Gasteiger partial charge in [0.2, 0.25) is 0 Å². The van der Waals surface area contributed by atoms with Crippen molar-refractivity contribution in [3.63, 3.8) is 0 Å². The number of ether oxygens (including phenoxy) is 2. The van der Waals surface area contributed by atoms with Crippen molar-refractivity contribution < 1.29 is 28.3 Å². The summed E-state index contributed by atoms with van der Waals surface area (Å²) in [5.41, 5.74) is -1.34. The summed E-state index contributed by atoms with van der Waals surface area (Å²) in [7, 11) is -2.20. The summed E-state index contributed by atoms with van der Waals surface area (Å²) in [6.45, 7) is 20.3. The largest absolute Gasteiger partial charge is 0.454 e. The maximum atomic E-state index is 14.1. The van der Waals surface area contributed by atoms with E-state index in [0.717, 1.165) is 5.57 Å². The molecule has 0 amide bonds. The van der Waals surface area contributed by atoms with E-state index >= 15 is 0 Å². The van der Waals surface area contributed by atoms with Gasteiger partial charge in [0.05, 0.1) is 17.6 Å². The molecular formula is C26H40O6Si. The highest BCUT2D eigenvalue weighted by Crippen LogP contribution is 2.68. The Kier molecular flexibility index (Phi) is 5.34. The molecule has 6 nitrogen and oxygen atoms in total. The Bertz CT molecular complexity index is 947. The van der Waals surface area contributed by atoms with E-state index in [0.29, 0.717) is 12.8 Å². The fourth-order valence-electron chi connectivity index (χ4n) is 6.92. The number of Topliss-reactive ketones (excluding diaryl/α,β-unsaturated/α-hetero) is 1. The summed E-state index contributed by atoms with van der Waals surface area (Å²) >= 11 is 0. The molecule has 4 aliphatic rings. The molecule has 0 aromatic carbocycles. The molecule has 33 heavy (non-hydrogen) atoms. The maximum Gasteiger partial charge on any atom is 0.303 e. The van der Waals surface area contributed by atoms with Crippen LogP contribution in [0, 0.1) is 22.7 Å². The van der Waals surface area contributed by atoms with E-state index in [2.05, 4.69) is 33.9 Å². The first kappa shape index (κ1) is 24.8. The summed E-state index contributed by atoms with van der Waals surface area (Å²) in [6.07, 6.45) is 1.56. The molecule has 3 fully saturated rings. The molecule has 0 radical (unpaired) electrons. The Morgan fingerprint density at radius 1 is 1.15 bits per heavy atom. The predicted octanol–water partition coefficient (Wildman–Crippen LogP) is 4.62. The van der Waals surface area contributed by atoms with Crippen molar-refractivity contribution in [3.05, 3.63) is 11.6 Å². The Labute approximate surface area is 198 Å². The summed E-state index contributed by atoms with van der Waals surface area (Å²) in [5.74, 6) is -0.824. The maximum absolute atomic E-state index is 14.1. The van der Waals surface area contributed by atoms with Gasteiger partial charge in [0.1, 0.15) is 0 Å². The molecular weight excluding hydrogens is 436 g/mol.